The standard InChI is InChI=1S/C15H15BrN2O3S2/c16-13-4-1-3-12(11-13)15(19)17-6-8-18(9-7-17)23(20,21)14-5-2-10-22-14/h1-5,10-11H,6-9H2. The molecule has 2 aromatic rings. The van der Waals surface area contributed by atoms with Crippen LogP contribution in [0, 0.1) is 0 Å². The van der Waals surface area contributed by atoms with E-state index in [1.165, 1.54) is 15.6 Å². The first kappa shape index (κ1) is 16.6. The fourth-order valence-electron chi connectivity index (χ4n) is 2.47. The van der Waals surface area contributed by atoms with Crippen molar-refractivity contribution in [3.05, 3.63) is 51.8 Å². The molecule has 3 rings (SSSR count). The summed E-state index contributed by atoms with van der Waals surface area (Å²) in [5, 5.41) is 1.75. The molecule has 1 amide bonds. The summed E-state index contributed by atoms with van der Waals surface area (Å²) in [6.45, 7) is 1.44. The van der Waals surface area contributed by atoms with Crippen LogP contribution >= 0.6 is 27.3 Å². The number of thiophene rings is 1. The van der Waals surface area contributed by atoms with Crippen molar-refractivity contribution in [1.29, 1.82) is 0 Å². The van der Waals surface area contributed by atoms with E-state index >= 15 is 0 Å². The van der Waals surface area contributed by atoms with Crippen LogP contribution in [0.2, 0.25) is 0 Å². The summed E-state index contributed by atoms with van der Waals surface area (Å²) in [4.78, 5) is 14.2. The monoisotopic (exact) mass is 414 g/mol. The minimum absolute atomic E-state index is 0.0699. The minimum Gasteiger partial charge on any atom is -0.336 e. The van der Waals surface area contributed by atoms with Crippen LogP contribution in [0.1, 0.15) is 10.4 Å². The Hall–Kier alpha value is -1.22. The van der Waals surface area contributed by atoms with Gasteiger partial charge in [0, 0.05) is 36.2 Å². The second-order valence-electron chi connectivity index (χ2n) is 5.14. The zero-order valence-electron chi connectivity index (χ0n) is 12.2. The molecule has 122 valence electrons. The van der Waals surface area contributed by atoms with Crippen molar-refractivity contribution in [3.8, 4) is 0 Å². The van der Waals surface area contributed by atoms with E-state index in [-0.39, 0.29) is 5.91 Å². The molecule has 0 unspecified atom stereocenters. The van der Waals surface area contributed by atoms with Gasteiger partial charge < -0.3 is 4.90 Å². The molecule has 0 aliphatic carbocycles. The zero-order chi connectivity index (χ0) is 16.4. The molecule has 23 heavy (non-hydrogen) atoms. The van der Waals surface area contributed by atoms with Gasteiger partial charge in [-0.25, -0.2) is 8.42 Å². The summed E-state index contributed by atoms with van der Waals surface area (Å²) in [7, 11) is -3.43. The highest BCUT2D eigenvalue weighted by Crippen LogP contribution is 2.22. The first-order valence-electron chi connectivity index (χ1n) is 7.07. The topological polar surface area (TPSA) is 57.7 Å². The third-order valence-corrected chi connectivity index (χ3v) is 7.45. The number of hydrogen-bond donors (Lipinski definition) is 0. The third kappa shape index (κ3) is 3.50. The van der Waals surface area contributed by atoms with Crippen molar-refractivity contribution in [1.82, 2.24) is 9.21 Å². The van der Waals surface area contributed by atoms with Gasteiger partial charge in [0.2, 0.25) is 0 Å². The van der Waals surface area contributed by atoms with Crippen molar-refractivity contribution in [2.75, 3.05) is 26.2 Å². The van der Waals surface area contributed by atoms with Gasteiger partial charge in [0.25, 0.3) is 15.9 Å². The van der Waals surface area contributed by atoms with Crippen molar-refractivity contribution < 1.29 is 13.2 Å². The fourth-order valence-corrected chi connectivity index (χ4v) is 5.44. The summed E-state index contributed by atoms with van der Waals surface area (Å²) in [5.74, 6) is -0.0699. The summed E-state index contributed by atoms with van der Waals surface area (Å²) >= 11 is 4.57. The van der Waals surface area contributed by atoms with E-state index in [0.717, 1.165) is 4.47 Å². The molecule has 1 fully saturated rings. The van der Waals surface area contributed by atoms with Gasteiger partial charge >= 0.3 is 0 Å². The lowest BCUT2D eigenvalue weighted by molar-refractivity contribution is 0.0698. The molecule has 8 heteroatoms. The van der Waals surface area contributed by atoms with Crippen LogP contribution in [-0.4, -0.2) is 49.7 Å². The van der Waals surface area contributed by atoms with Crippen molar-refractivity contribution >= 4 is 43.2 Å². The van der Waals surface area contributed by atoms with E-state index in [1.807, 2.05) is 12.1 Å². The number of halogens is 1. The van der Waals surface area contributed by atoms with E-state index in [9.17, 15) is 13.2 Å². The normalized spacial score (nSPS) is 16.5. The van der Waals surface area contributed by atoms with Gasteiger partial charge in [-0.1, -0.05) is 28.1 Å². The SMILES string of the molecule is O=C(c1cccc(Br)c1)N1CCN(S(=O)(=O)c2cccs2)CC1. The lowest BCUT2D eigenvalue weighted by Crippen LogP contribution is -2.50. The maximum absolute atomic E-state index is 12.5. The van der Waals surface area contributed by atoms with Crippen LogP contribution in [0.4, 0.5) is 0 Å². The zero-order valence-corrected chi connectivity index (χ0v) is 15.4. The highest BCUT2D eigenvalue weighted by Gasteiger charge is 2.30. The maximum Gasteiger partial charge on any atom is 0.253 e. The van der Waals surface area contributed by atoms with Crippen LogP contribution in [0.5, 0.6) is 0 Å². The molecule has 1 aromatic heterocycles. The van der Waals surface area contributed by atoms with Crippen LogP contribution in [0.3, 0.4) is 0 Å². The van der Waals surface area contributed by atoms with Crippen molar-refractivity contribution in [2.45, 2.75) is 4.21 Å². The second kappa shape index (κ2) is 6.72. The van der Waals surface area contributed by atoms with Gasteiger partial charge in [0.15, 0.2) is 0 Å². The first-order valence-corrected chi connectivity index (χ1v) is 10.2. The van der Waals surface area contributed by atoms with E-state index in [0.29, 0.717) is 36.0 Å². The Morgan fingerprint density at radius 3 is 2.43 bits per heavy atom. The molecule has 0 N–H and O–H groups in total. The predicted molar refractivity (Wildman–Crippen MR) is 93.1 cm³/mol. The lowest BCUT2D eigenvalue weighted by Gasteiger charge is -2.33. The van der Waals surface area contributed by atoms with Crippen LogP contribution in [0.25, 0.3) is 0 Å². The number of rotatable bonds is 3. The molecule has 1 aliphatic rings. The van der Waals surface area contributed by atoms with Gasteiger partial charge in [-0.2, -0.15) is 4.31 Å². The number of benzene rings is 1. The van der Waals surface area contributed by atoms with Gasteiger partial charge in [0.1, 0.15) is 4.21 Å². The molecular weight excluding hydrogens is 400 g/mol. The number of nitrogens with zero attached hydrogens (tertiary/aromatic N) is 2. The number of amides is 1. The lowest BCUT2D eigenvalue weighted by atomic mass is 10.2. The Morgan fingerprint density at radius 1 is 1.09 bits per heavy atom. The Labute approximate surface area is 147 Å². The quantitative estimate of drug-likeness (QED) is 0.775. The molecule has 0 spiro atoms. The Balaban J connectivity index is 1.68. The fraction of sp³-hybridized carbons (Fsp3) is 0.267. The van der Waals surface area contributed by atoms with Crippen molar-refractivity contribution in [3.63, 3.8) is 0 Å². The van der Waals surface area contributed by atoms with Crippen LogP contribution < -0.4 is 0 Å². The van der Waals surface area contributed by atoms with Crippen LogP contribution in [-0.2, 0) is 10.0 Å². The Bertz CT molecular complexity index is 798. The number of carbonyl (C=O) groups excluding carboxylic acids is 1. The van der Waals surface area contributed by atoms with E-state index in [4.69, 9.17) is 0 Å². The Morgan fingerprint density at radius 2 is 1.83 bits per heavy atom. The molecule has 0 bridgehead atoms. The molecule has 0 atom stereocenters. The molecule has 1 saturated heterocycles. The van der Waals surface area contributed by atoms with Crippen molar-refractivity contribution in [2.24, 2.45) is 0 Å². The van der Waals surface area contributed by atoms with Gasteiger partial charge in [-0.3, -0.25) is 4.79 Å². The molecule has 0 saturated carbocycles. The Kier molecular flexibility index (Phi) is 4.86. The number of hydrogen-bond acceptors (Lipinski definition) is 4. The molecular formula is C15H15BrN2O3S2. The number of sulfonamides is 1. The van der Waals surface area contributed by atoms with Gasteiger partial charge in [0.05, 0.1) is 0 Å². The largest absolute Gasteiger partial charge is 0.336 e. The molecule has 5 nitrogen and oxygen atoms in total. The first-order chi connectivity index (χ1) is 11.0. The maximum atomic E-state index is 12.5. The van der Waals surface area contributed by atoms with E-state index in [1.54, 1.807) is 34.5 Å². The minimum atomic E-state index is -3.43. The molecule has 1 aromatic carbocycles. The second-order valence-corrected chi connectivity index (χ2v) is 9.17. The van der Waals surface area contributed by atoms with Gasteiger partial charge in [-0.05, 0) is 29.6 Å². The molecule has 1 aliphatic heterocycles. The van der Waals surface area contributed by atoms with E-state index < -0.39 is 10.0 Å². The van der Waals surface area contributed by atoms with Crippen LogP contribution in [0.15, 0.2) is 50.5 Å². The average Bonchev–Trinajstić information content (AvgIpc) is 3.09. The smallest absolute Gasteiger partial charge is 0.253 e. The average molecular weight is 415 g/mol. The number of piperazine rings is 1. The van der Waals surface area contributed by atoms with E-state index in [2.05, 4.69) is 15.9 Å². The highest BCUT2D eigenvalue weighted by molar-refractivity contribution is 9.10. The molecule has 0 radical (unpaired) electrons. The number of carbonyl (C=O) groups is 1. The third-order valence-electron chi connectivity index (χ3n) is 3.69. The van der Waals surface area contributed by atoms with Gasteiger partial charge in [-0.15, -0.1) is 11.3 Å². The summed E-state index contributed by atoms with van der Waals surface area (Å²) in [6, 6.07) is 10.6. The summed E-state index contributed by atoms with van der Waals surface area (Å²) < 4.78 is 27.6. The summed E-state index contributed by atoms with van der Waals surface area (Å²) in [6.07, 6.45) is 0. The molecule has 2 heterocycles. The predicted octanol–water partition coefficient (Wildman–Crippen LogP) is 2.66. The summed E-state index contributed by atoms with van der Waals surface area (Å²) in [5.41, 5.74) is 0.605. The highest BCUT2D eigenvalue weighted by atomic mass is 79.9.